The molecule has 6 heteroatoms. The normalized spacial score (nSPS) is 12.5. The first-order valence-corrected chi connectivity index (χ1v) is 6.61. The van der Waals surface area contributed by atoms with Gasteiger partial charge in [-0.2, -0.15) is 0 Å². The highest BCUT2D eigenvalue weighted by molar-refractivity contribution is 6.02. The van der Waals surface area contributed by atoms with Crippen LogP contribution < -0.4 is 9.47 Å². The number of carbonyl (C=O) groups is 1. The minimum Gasteiger partial charge on any atom is -0.478 e. The second-order valence-electron chi connectivity index (χ2n) is 4.80. The Kier molecular flexibility index (Phi) is 2.69. The highest BCUT2D eigenvalue weighted by Gasteiger charge is 2.17. The molecule has 22 heavy (non-hydrogen) atoms. The van der Waals surface area contributed by atoms with Gasteiger partial charge in [0.15, 0.2) is 17.1 Å². The molecule has 1 aromatic carbocycles. The first-order valence-electron chi connectivity index (χ1n) is 6.61. The van der Waals surface area contributed by atoms with Crippen molar-refractivity contribution in [3.63, 3.8) is 0 Å². The van der Waals surface area contributed by atoms with Crippen molar-refractivity contribution in [2.75, 3.05) is 6.79 Å². The Labute approximate surface area is 125 Å². The molecule has 0 amide bonds. The van der Waals surface area contributed by atoms with Crippen LogP contribution in [0.2, 0.25) is 0 Å². The number of rotatable bonds is 2. The SMILES string of the molecule is O=C(O)c1cc(-c2ccc3c(c2)OCO3)nc2ncccc12. The van der Waals surface area contributed by atoms with Gasteiger partial charge in [0.25, 0.3) is 0 Å². The molecule has 0 bridgehead atoms. The smallest absolute Gasteiger partial charge is 0.336 e. The van der Waals surface area contributed by atoms with Crippen molar-refractivity contribution in [3.05, 3.63) is 48.2 Å². The standard InChI is InChI=1S/C16H10N2O4/c19-16(20)11-7-12(18-15-10(11)2-1-5-17-15)9-3-4-13-14(6-9)22-8-21-13/h1-7H,8H2,(H,19,20). The molecular weight excluding hydrogens is 284 g/mol. The Morgan fingerprint density at radius 1 is 1.14 bits per heavy atom. The van der Waals surface area contributed by atoms with E-state index in [0.717, 1.165) is 5.56 Å². The largest absolute Gasteiger partial charge is 0.478 e. The van der Waals surface area contributed by atoms with Gasteiger partial charge in [0.1, 0.15) is 0 Å². The number of ether oxygens (including phenoxy) is 2. The quantitative estimate of drug-likeness (QED) is 0.782. The van der Waals surface area contributed by atoms with E-state index in [-0.39, 0.29) is 12.4 Å². The summed E-state index contributed by atoms with van der Waals surface area (Å²) in [5, 5.41) is 9.92. The molecule has 3 aromatic rings. The number of hydrogen-bond donors (Lipinski definition) is 1. The van der Waals surface area contributed by atoms with E-state index in [1.807, 2.05) is 6.07 Å². The van der Waals surface area contributed by atoms with E-state index in [1.54, 1.807) is 36.5 Å². The van der Waals surface area contributed by atoms with Gasteiger partial charge in [0, 0.05) is 17.1 Å². The molecule has 0 radical (unpaired) electrons. The third kappa shape index (κ3) is 1.93. The number of fused-ring (bicyclic) bond motifs is 2. The van der Waals surface area contributed by atoms with Gasteiger partial charge in [-0.3, -0.25) is 0 Å². The van der Waals surface area contributed by atoms with Gasteiger partial charge in [-0.25, -0.2) is 14.8 Å². The van der Waals surface area contributed by atoms with E-state index in [0.29, 0.717) is 28.2 Å². The minimum absolute atomic E-state index is 0.172. The number of aromatic carboxylic acids is 1. The average molecular weight is 294 g/mol. The molecule has 0 atom stereocenters. The molecule has 6 nitrogen and oxygen atoms in total. The lowest BCUT2D eigenvalue weighted by Gasteiger charge is -2.07. The Hall–Kier alpha value is -3.15. The number of nitrogens with zero attached hydrogens (tertiary/aromatic N) is 2. The Bertz CT molecular complexity index is 908. The molecule has 1 aliphatic heterocycles. The Morgan fingerprint density at radius 2 is 2.00 bits per heavy atom. The molecular formula is C16H10N2O4. The minimum atomic E-state index is -1.01. The fraction of sp³-hybridized carbons (Fsp3) is 0.0625. The van der Waals surface area contributed by atoms with Crippen LogP contribution in [0.3, 0.4) is 0 Å². The molecule has 1 N–H and O–H groups in total. The molecule has 4 rings (SSSR count). The summed E-state index contributed by atoms with van der Waals surface area (Å²) in [6, 6.07) is 10.3. The molecule has 3 heterocycles. The van der Waals surface area contributed by atoms with E-state index < -0.39 is 5.97 Å². The second kappa shape index (κ2) is 4.70. The van der Waals surface area contributed by atoms with Crippen molar-refractivity contribution in [1.29, 1.82) is 0 Å². The summed E-state index contributed by atoms with van der Waals surface area (Å²) in [7, 11) is 0. The van der Waals surface area contributed by atoms with Gasteiger partial charge < -0.3 is 14.6 Å². The van der Waals surface area contributed by atoms with Crippen molar-refractivity contribution in [1.82, 2.24) is 9.97 Å². The van der Waals surface area contributed by atoms with Gasteiger partial charge in [0.05, 0.1) is 11.3 Å². The predicted molar refractivity (Wildman–Crippen MR) is 78.1 cm³/mol. The molecule has 0 saturated heterocycles. The van der Waals surface area contributed by atoms with Gasteiger partial charge in [-0.05, 0) is 36.4 Å². The number of pyridine rings is 2. The van der Waals surface area contributed by atoms with Crippen LogP contribution in [-0.4, -0.2) is 27.8 Å². The number of benzene rings is 1. The van der Waals surface area contributed by atoms with E-state index in [1.165, 1.54) is 0 Å². The Morgan fingerprint density at radius 3 is 2.86 bits per heavy atom. The van der Waals surface area contributed by atoms with Gasteiger partial charge >= 0.3 is 5.97 Å². The molecule has 108 valence electrons. The average Bonchev–Trinajstić information content (AvgIpc) is 3.01. The summed E-state index contributed by atoms with van der Waals surface area (Å²) in [6.07, 6.45) is 1.59. The molecule has 1 aliphatic rings. The van der Waals surface area contributed by atoms with Gasteiger partial charge in [-0.15, -0.1) is 0 Å². The Balaban J connectivity index is 1.93. The summed E-state index contributed by atoms with van der Waals surface area (Å²) in [5.74, 6) is 0.279. The zero-order chi connectivity index (χ0) is 15.1. The molecule has 0 saturated carbocycles. The zero-order valence-corrected chi connectivity index (χ0v) is 11.3. The van der Waals surface area contributed by atoms with Crippen LogP contribution in [0.15, 0.2) is 42.6 Å². The van der Waals surface area contributed by atoms with Crippen molar-refractivity contribution in [2.45, 2.75) is 0 Å². The summed E-state index contributed by atoms with van der Waals surface area (Å²) in [4.78, 5) is 20.1. The maximum Gasteiger partial charge on any atom is 0.336 e. The van der Waals surface area contributed by atoms with Crippen LogP contribution in [0.4, 0.5) is 0 Å². The lowest BCUT2D eigenvalue weighted by molar-refractivity contribution is 0.0699. The van der Waals surface area contributed by atoms with Crippen LogP contribution in [0.1, 0.15) is 10.4 Å². The van der Waals surface area contributed by atoms with Crippen molar-refractivity contribution in [3.8, 4) is 22.8 Å². The summed E-state index contributed by atoms with van der Waals surface area (Å²) < 4.78 is 10.6. The fourth-order valence-electron chi connectivity index (χ4n) is 2.44. The number of hydrogen-bond acceptors (Lipinski definition) is 5. The van der Waals surface area contributed by atoms with Crippen LogP contribution in [0.25, 0.3) is 22.3 Å². The highest BCUT2D eigenvalue weighted by atomic mass is 16.7. The lowest BCUT2D eigenvalue weighted by atomic mass is 10.1. The maximum atomic E-state index is 11.5. The van der Waals surface area contributed by atoms with Crippen LogP contribution in [-0.2, 0) is 0 Å². The fourth-order valence-corrected chi connectivity index (χ4v) is 2.44. The van der Waals surface area contributed by atoms with Crippen molar-refractivity contribution in [2.24, 2.45) is 0 Å². The summed E-state index contributed by atoms with van der Waals surface area (Å²) in [5.41, 5.74) is 1.85. The van der Waals surface area contributed by atoms with Crippen molar-refractivity contribution >= 4 is 17.0 Å². The van der Waals surface area contributed by atoms with Crippen LogP contribution in [0.5, 0.6) is 11.5 Å². The lowest BCUT2D eigenvalue weighted by Crippen LogP contribution is -2.01. The van der Waals surface area contributed by atoms with Crippen molar-refractivity contribution < 1.29 is 19.4 Å². The van der Waals surface area contributed by atoms with E-state index in [9.17, 15) is 9.90 Å². The van der Waals surface area contributed by atoms with Gasteiger partial charge in [0.2, 0.25) is 6.79 Å². The first kappa shape index (κ1) is 12.6. The summed E-state index contributed by atoms with van der Waals surface area (Å²) >= 11 is 0. The highest BCUT2D eigenvalue weighted by Crippen LogP contribution is 2.36. The van der Waals surface area contributed by atoms with Gasteiger partial charge in [-0.1, -0.05) is 0 Å². The third-order valence-electron chi connectivity index (χ3n) is 3.48. The molecule has 0 aliphatic carbocycles. The molecule has 2 aromatic heterocycles. The summed E-state index contributed by atoms with van der Waals surface area (Å²) in [6.45, 7) is 0.186. The number of carboxylic acid groups (broad SMARTS) is 1. The van der Waals surface area contributed by atoms with E-state index >= 15 is 0 Å². The second-order valence-corrected chi connectivity index (χ2v) is 4.80. The third-order valence-corrected chi connectivity index (χ3v) is 3.48. The number of aromatic nitrogens is 2. The van der Waals surface area contributed by atoms with Crippen LogP contribution >= 0.6 is 0 Å². The molecule has 0 unspecified atom stereocenters. The molecule has 0 spiro atoms. The van der Waals surface area contributed by atoms with E-state index in [2.05, 4.69) is 9.97 Å². The molecule has 0 fully saturated rings. The maximum absolute atomic E-state index is 11.5. The van der Waals surface area contributed by atoms with E-state index in [4.69, 9.17) is 9.47 Å². The predicted octanol–water partition coefficient (Wildman–Crippen LogP) is 2.72. The zero-order valence-electron chi connectivity index (χ0n) is 11.3. The monoisotopic (exact) mass is 294 g/mol. The topological polar surface area (TPSA) is 81.5 Å². The number of carboxylic acids is 1. The van der Waals surface area contributed by atoms with Crippen LogP contribution in [0, 0.1) is 0 Å². The first-order chi connectivity index (χ1) is 10.7.